The zero-order valence-corrected chi connectivity index (χ0v) is 80.5. The molecule has 0 heteroatoms. The minimum atomic E-state index is 0. The average molecular weight is 1620 g/mol. The quantitative estimate of drug-likeness (QED) is 0.197. The Hall–Kier alpha value is -2.34. The number of aryl methyl sites for hydroxylation is 2. The van der Waals surface area contributed by atoms with Crippen molar-refractivity contribution in [2.75, 3.05) is 0 Å². The van der Waals surface area contributed by atoms with E-state index in [4.69, 9.17) is 0 Å². The van der Waals surface area contributed by atoms with Gasteiger partial charge in [0.15, 0.2) is 0 Å². The van der Waals surface area contributed by atoms with E-state index in [-0.39, 0.29) is 17.1 Å². The van der Waals surface area contributed by atoms with E-state index in [9.17, 15) is 0 Å². The summed E-state index contributed by atoms with van der Waals surface area (Å²) in [6, 6.07) is 18.2. The van der Waals surface area contributed by atoms with Crippen molar-refractivity contribution >= 4 is 0 Å². The molecule has 14 aliphatic carbocycles. The summed E-state index contributed by atoms with van der Waals surface area (Å²) in [6.07, 6.45) is 93.0. The molecule has 2 atom stereocenters. The molecule has 0 aliphatic heterocycles. The maximum atomic E-state index is 2.56. The lowest BCUT2D eigenvalue weighted by Gasteiger charge is -2.36. The third-order valence-electron chi connectivity index (χ3n) is 35.4. The first-order valence-electron chi connectivity index (χ1n) is 53.2. The molecular weight excluding hydrogens is 1390 g/mol. The lowest BCUT2D eigenvalue weighted by atomic mass is 9.70. The third-order valence-corrected chi connectivity index (χ3v) is 35.4. The lowest BCUT2D eigenvalue weighted by Crippen LogP contribution is -2.24. The monoisotopic (exact) mass is 1620 g/mol. The Kier molecular flexibility index (Phi) is 45.2. The molecule has 0 nitrogen and oxygen atoms in total. The molecule has 0 aromatic heterocycles. The summed E-state index contributed by atoms with van der Waals surface area (Å²) in [5.74, 6) is 26.2. The molecule has 0 spiro atoms. The second-order valence-corrected chi connectivity index (χ2v) is 46.3. The van der Waals surface area contributed by atoms with Gasteiger partial charge in [-0.2, -0.15) is 0 Å². The predicted molar refractivity (Wildman–Crippen MR) is 540 cm³/mol. The van der Waals surface area contributed by atoms with E-state index >= 15 is 0 Å². The maximum absolute atomic E-state index is 2.56. The fourth-order valence-electron chi connectivity index (χ4n) is 25.0. The van der Waals surface area contributed by atoms with Crippen LogP contribution in [-0.4, -0.2) is 0 Å². The molecule has 2 aromatic carbocycles. The SMILES string of the molecule is CC1=CCC(C2CCC(C)CC2)CC1.CC1CC=C(C2CCC(C)CC2)CC1.CC1CCC(/C=C/C2CCC(C)CC2)CC1.CC1CCC(C2CCC(C)CC2)CC1.CC1CCC(C2CCC(C)CC2)CC1.CC1CCC(CCC2CCC(C)CC2)CC1.Cc1ccc(C2CCC(C)CC2)cc1.Cc1ccc(C2CCC(C)CC2)cc1.[HH].[HH].[HH].[HH].[HH].[HH].[HH].[HH].[HH].[HH].[HH].[HH]. The van der Waals surface area contributed by atoms with E-state index < -0.39 is 0 Å². The van der Waals surface area contributed by atoms with Gasteiger partial charge in [-0.25, -0.2) is 0 Å². The Bertz CT molecular complexity index is 2720. The van der Waals surface area contributed by atoms with Crippen molar-refractivity contribution in [2.45, 2.75) is 482 Å². The summed E-state index contributed by atoms with van der Waals surface area (Å²) in [5, 5.41) is 0. The van der Waals surface area contributed by atoms with Crippen LogP contribution in [0.5, 0.6) is 0 Å². The first-order chi connectivity index (χ1) is 56.0. The molecule has 0 heterocycles. The van der Waals surface area contributed by atoms with E-state index in [2.05, 4.69) is 184 Å². The molecule has 0 saturated heterocycles. The minimum absolute atomic E-state index is 0. The van der Waals surface area contributed by atoms with E-state index in [0.717, 1.165) is 154 Å². The van der Waals surface area contributed by atoms with Gasteiger partial charge in [0.25, 0.3) is 0 Å². The zero-order chi connectivity index (χ0) is 82.6. The number of benzene rings is 2. The molecule has 16 rings (SSSR count). The highest BCUT2D eigenvalue weighted by molar-refractivity contribution is 5.26. The van der Waals surface area contributed by atoms with Crippen molar-refractivity contribution in [3.05, 3.63) is 106 Å². The van der Waals surface area contributed by atoms with Crippen molar-refractivity contribution in [2.24, 2.45) is 142 Å². The van der Waals surface area contributed by atoms with Gasteiger partial charge in [0.2, 0.25) is 0 Å². The van der Waals surface area contributed by atoms with Crippen LogP contribution < -0.4 is 0 Å². The molecule has 686 valence electrons. The van der Waals surface area contributed by atoms with Crippen LogP contribution in [0, 0.1) is 156 Å². The van der Waals surface area contributed by atoms with E-state index in [1.807, 2.05) is 5.57 Å². The van der Waals surface area contributed by atoms with Gasteiger partial charge in [-0.15, -0.1) is 0 Å². The molecule has 0 radical (unpaired) electrons. The van der Waals surface area contributed by atoms with Gasteiger partial charge in [0, 0.05) is 17.1 Å². The molecule has 2 unspecified atom stereocenters. The number of rotatable bonds is 11. The second kappa shape index (κ2) is 53.7. The molecular formula is C116H222. The Morgan fingerprint density at radius 2 is 0.474 bits per heavy atom. The van der Waals surface area contributed by atoms with Gasteiger partial charge in [-0.3, -0.25) is 0 Å². The van der Waals surface area contributed by atoms with Crippen molar-refractivity contribution in [1.82, 2.24) is 0 Å². The second-order valence-electron chi connectivity index (χ2n) is 46.3. The van der Waals surface area contributed by atoms with E-state index in [1.165, 1.54) is 306 Å². The molecule has 0 N–H and O–H groups in total. The summed E-state index contributed by atoms with van der Waals surface area (Å²) in [6.45, 7) is 38.0. The molecule has 2 aromatic rings. The van der Waals surface area contributed by atoms with Crippen molar-refractivity contribution in [3.63, 3.8) is 0 Å². The van der Waals surface area contributed by atoms with E-state index in [0.29, 0.717) is 0 Å². The first-order valence-corrected chi connectivity index (χ1v) is 53.2. The van der Waals surface area contributed by atoms with Gasteiger partial charge in [0.05, 0.1) is 0 Å². The summed E-state index contributed by atoms with van der Waals surface area (Å²) in [7, 11) is 0. The molecule has 12 saturated carbocycles. The fourth-order valence-corrected chi connectivity index (χ4v) is 25.0. The number of allylic oxidation sites excluding steroid dienone is 6. The Balaban J connectivity index is -0.000000678. The molecule has 0 bridgehead atoms. The van der Waals surface area contributed by atoms with Crippen LogP contribution in [0.15, 0.2) is 84.0 Å². The summed E-state index contributed by atoms with van der Waals surface area (Å²) in [4.78, 5) is 0. The Labute approximate surface area is 743 Å². The first kappa shape index (κ1) is 97.5. The van der Waals surface area contributed by atoms with Crippen LogP contribution in [0.2, 0.25) is 0 Å². The highest BCUT2D eigenvalue weighted by Gasteiger charge is 2.33. The summed E-state index contributed by atoms with van der Waals surface area (Å²) < 4.78 is 0. The normalized spacial score (nSPS) is 38.3. The van der Waals surface area contributed by atoms with Crippen LogP contribution >= 0.6 is 0 Å². The average Bonchev–Trinajstić information content (AvgIpc) is 0.877. The highest BCUT2D eigenvalue weighted by atomic mass is 14.4. The molecule has 116 heavy (non-hydrogen) atoms. The van der Waals surface area contributed by atoms with Crippen LogP contribution in [0.4, 0.5) is 0 Å². The number of hydrogen-bond donors (Lipinski definition) is 0. The van der Waals surface area contributed by atoms with E-state index in [1.54, 1.807) is 80.9 Å². The standard InChI is InChI=1S/C16H30.C16H28.2C14H26.2C14H24.2C14H20.12H2/c2*1-13-3-7-15(8-4-13)11-12-16-9-5-14(2)6-10-16;6*1-11-3-7-13(8-4-11)14-9-5-12(2)6-10-14;;;;;;;;;;;;/h13-16H,3-12H2,1-2H3;11-16H,3-10H2,1-2H3;2*11-14H,3-10H2,1-2H3;7,11-12,14H,3-6,8-10H2,1-2H3;3,12-14H,4-10H2,1-2H3;2*3-4,7-8,12,14H,5-6,9-10H2,1-2H3;12*1H/b;12-11+;;;;;;;;;;;;;;;;;;. The largest absolute Gasteiger partial charge is 0.0853 e. The van der Waals surface area contributed by atoms with Gasteiger partial charge in [0.1, 0.15) is 0 Å². The van der Waals surface area contributed by atoms with Crippen molar-refractivity contribution in [3.8, 4) is 0 Å². The maximum Gasteiger partial charge on any atom is 0 e. The van der Waals surface area contributed by atoms with Gasteiger partial charge >= 0.3 is 0 Å². The van der Waals surface area contributed by atoms with Crippen LogP contribution in [0.1, 0.15) is 508 Å². The van der Waals surface area contributed by atoms with Gasteiger partial charge in [-0.05, 0) is 353 Å². The minimum Gasteiger partial charge on any atom is -0.0853 e. The fraction of sp³-hybridized carbons (Fsp3) is 0.845. The Morgan fingerprint density at radius 1 is 0.224 bits per heavy atom. The topological polar surface area (TPSA) is 0 Å². The third kappa shape index (κ3) is 37.2. The van der Waals surface area contributed by atoms with Crippen LogP contribution in [-0.2, 0) is 0 Å². The van der Waals surface area contributed by atoms with Crippen molar-refractivity contribution in [1.29, 1.82) is 0 Å². The van der Waals surface area contributed by atoms with Crippen molar-refractivity contribution < 1.29 is 17.1 Å². The van der Waals surface area contributed by atoms with Gasteiger partial charge < -0.3 is 0 Å². The van der Waals surface area contributed by atoms with Crippen LogP contribution in [0.25, 0.3) is 0 Å². The van der Waals surface area contributed by atoms with Crippen LogP contribution in [0.3, 0.4) is 0 Å². The van der Waals surface area contributed by atoms with Gasteiger partial charge in [-0.1, -0.05) is 378 Å². The molecule has 12 fully saturated rings. The molecule has 14 aliphatic rings. The number of hydrogen-bond acceptors (Lipinski definition) is 0. The predicted octanol–water partition coefficient (Wildman–Crippen LogP) is 40.5. The zero-order valence-electron chi connectivity index (χ0n) is 80.5. The molecule has 0 amide bonds. The highest BCUT2D eigenvalue weighted by Crippen LogP contribution is 2.46. The smallest absolute Gasteiger partial charge is 0 e. The lowest BCUT2D eigenvalue weighted by molar-refractivity contribution is 0.155. The summed E-state index contributed by atoms with van der Waals surface area (Å²) >= 11 is 0. The Morgan fingerprint density at radius 3 is 0.733 bits per heavy atom. The summed E-state index contributed by atoms with van der Waals surface area (Å²) in [5.41, 5.74) is 9.31.